The molecular formula is C26H35N3O3. The summed E-state index contributed by atoms with van der Waals surface area (Å²) < 4.78 is 0. The van der Waals surface area contributed by atoms with E-state index < -0.39 is 11.8 Å². The van der Waals surface area contributed by atoms with Gasteiger partial charge in [-0.2, -0.15) is 0 Å². The highest BCUT2D eigenvalue weighted by atomic mass is 16.2. The number of hydrogen-bond acceptors (Lipinski definition) is 3. The molecule has 0 radical (unpaired) electrons. The van der Waals surface area contributed by atoms with E-state index in [9.17, 15) is 14.4 Å². The number of para-hydroxylation sites is 1. The number of aromatic amines is 1. The molecule has 1 aromatic carbocycles. The number of amides is 2. The summed E-state index contributed by atoms with van der Waals surface area (Å²) in [6, 6.07) is 8.31. The molecule has 3 N–H and O–H groups in total. The van der Waals surface area contributed by atoms with Crippen molar-refractivity contribution in [2.75, 3.05) is 6.54 Å². The lowest BCUT2D eigenvalue weighted by Gasteiger charge is -2.44. The number of nitrogens with two attached hydrogens (primary N) is 1. The zero-order valence-electron chi connectivity index (χ0n) is 18.9. The maximum atomic E-state index is 12.8. The smallest absolute Gasteiger partial charge is 0.222 e. The quantitative estimate of drug-likeness (QED) is 0.617. The molecule has 1 aromatic heterocycles. The van der Waals surface area contributed by atoms with Crippen molar-refractivity contribution in [2.24, 2.45) is 17.6 Å². The topological polar surface area (TPSA) is 96.3 Å². The van der Waals surface area contributed by atoms with Gasteiger partial charge in [-0.1, -0.05) is 31.0 Å². The third-order valence-corrected chi connectivity index (χ3v) is 7.43. The van der Waals surface area contributed by atoms with E-state index in [0.717, 1.165) is 35.9 Å². The van der Waals surface area contributed by atoms with Gasteiger partial charge in [-0.15, -0.1) is 0 Å². The molecule has 32 heavy (non-hydrogen) atoms. The number of piperidine rings is 1. The van der Waals surface area contributed by atoms with Crippen LogP contribution in [0, 0.1) is 11.8 Å². The maximum Gasteiger partial charge on any atom is 0.222 e. The van der Waals surface area contributed by atoms with Crippen molar-refractivity contribution in [3.63, 3.8) is 0 Å². The monoisotopic (exact) mass is 437 g/mol. The van der Waals surface area contributed by atoms with E-state index in [1.807, 2.05) is 30.5 Å². The summed E-state index contributed by atoms with van der Waals surface area (Å²) in [5.74, 6) is -0.0990. The van der Waals surface area contributed by atoms with E-state index in [0.29, 0.717) is 37.6 Å². The number of likely N-dealkylation sites (tertiary alicyclic amines) is 1. The van der Waals surface area contributed by atoms with Crippen LogP contribution in [-0.2, 0) is 20.8 Å². The Hall–Kier alpha value is -2.63. The summed E-state index contributed by atoms with van der Waals surface area (Å²) >= 11 is 0. The van der Waals surface area contributed by atoms with Gasteiger partial charge in [-0.3, -0.25) is 14.4 Å². The van der Waals surface area contributed by atoms with Crippen molar-refractivity contribution < 1.29 is 14.4 Å². The highest BCUT2D eigenvalue weighted by Crippen LogP contribution is 2.35. The third-order valence-electron chi connectivity index (χ3n) is 7.43. The van der Waals surface area contributed by atoms with E-state index in [2.05, 4.69) is 9.88 Å². The van der Waals surface area contributed by atoms with Crippen LogP contribution >= 0.6 is 0 Å². The van der Waals surface area contributed by atoms with Crippen molar-refractivity contribution in [1.29, 1.82) is 0 Å². The van der Waals surface area contributed by atoms with Crippen LogP contribution in [0.25, 0.3) is 10.9 Å². The number of ketones is 1. The molecule has 1 aliphatic heterocycles. The molecule has 0 bridgehead atoms. The van der Waals surface area contributed by atoms with Crippen LogP contribution in [0.2, 0.25) is 0 Å². The van der Waals surface area contributed by atoms with Gasteiger partial charge in [0, 0.05) is 54.9 Å². The SMILES string of the molecule is NC(=O)[C@@H](CC(=O)CCCC(=O)N1CCCC2CCCCC21)Cc1c[nH]c2ccccc12. The lowest BCUT2D eigenvalue weighted by atomic mass is 9.78. The Morgan fingerprint density at radius 1 is 1.06 bits per heavy atom. The number of H-pyrrole nitrogens is 1. The molecule has 1 saturated heterocycles. The number of nitrogens with zero attached hydrogens (tertiary/aromatic N) is 1. The molecule has 172 valence electrons. The van der Waals surface area contributed by atoms with Gasteiger partial charge in [-0.05, 0) is 56.1 Å². The normalized spacial score (nSPS) is 21.8. The maximum absolute atomic E-state index is 12.8. The standard InChI is InChI=1S/C26H35N3O3/c27-26(32)19(15-20-17-28-23-11-3-2-10-22(20)23)16-21(30)9-5-13-25(31)29-14-6-8-18-7-1-4-12-24(18)29/h2-3,10-11,17-19,24,28H,1,4-9,12-16H2,(H2,27,32)/t18?,19-,24?/m1/s1. The zero-order valence-corrected chi connectivity index (χ0v) is 18.9. The minimum absolute atomic E-state index is 0.00984. The number of carbonyl (C=O) groups is 3. The fourth-order valence-corrected chi connectivity index (χ4v) is 5.73. The van der Waals surface area contributed by atoms with E-state index in [-0.39, 0.29) is 18.1 Å². The lowest BCUT2D eigenvalue weighted by molar-refractivity contribution is -0.137. The Balaban J connectivity index is 1.26. The van der Waals surface area contributed by atoms with Crippen molar-refractivity contribution in [1.82, 2.24) is 9.88 Å². The summed E-state index contributed by atoms with van der Waals surface area (Å²) in [5.41, 5.74) is 7.63. The Kier molecular flexibility index (Phi) is 7.28. The fraction of sp³-hybridized carbons (Fsp3) is 0.577. The second-order valence-electron chi connectivity index (χ2n) is 9.60. The molecule has 1 aliphatic carbocycles. The molecule has 2 unspecified atom stereocenters. The first kappa shape index (κ1) is 22.6. The first-order valence-electron chi connectivity index (χ1n) is 12.2. The second-order valence-corrected chi connectivity index (χ2v) is 9.60. The minimum atomic E-state index is -0.525. The van der Waals surface area contributed by atoms with Gasteiger partial charge in [0.2, 0.25) is 11.8 Å². The Morgan fingerprint density at radius 3 is 2.69 bits per heavy atom. The first-order chi connectivity index (χ1) is 15.5. The highest BCUT2D eigenvalue weighted by molar-refractivity contribution is 5.88. The first-order valence-corrected chi connectivity index (χ1v) is 12.2. The van der Waals surface area contributed by atoms with Gasteiger partial charge in [0.05, 0.1) is 0 Å². The van der Waals surface area contributed by atoms with Crippen LogP contribution < -0.4 is 5.73 Å². The number of benzene rings is 1. The van der Waals surface area contributed by atoms with Crippen molar-refractivity contribution in [3.05, 3.63) is 36.0 Å². The van der Waals surface area contributed by atoms with E-state index in [1.54, 1.807) is 0 Å². The third kappa shape index (κ3) is 5.22. The number of fused-ring (bicyclic) bond motifs is 2. The molecular weight excluding hydrogens is 402 g/mol. The number of aromatic nitrogens is 1. The van der Waals surface area contributed by atoms with Crippen molar-refractivity contribution in [3.8, 4) is 0 Å². The van der Waals surface area contributed by atoms with Gasteiger partial charge in [0.15, 0.2) is 0 Å². The Labute approximate surface area is 189 Å². The molecule has 4 rings (SSSR count). The van der Waals surface area contributed by atoms with Crippen LogP contribution in [0.3, 0.4) is 0 Å². The predicted molar refractivity (Wildman–Crippen MR) is 125 cm³/mol. The van der Waals surface area contributed by atoms with Gasteiger partial charge in [-0.25, -0.2) is 0 Å². The molecule has 2 heterocycles. The largest absolute Gasteiger partial charge is 0.369 e. The van der Waals surface area contributed by atoms with Crippen LogP contribution in [-0.4, -0.2) is 40.1 Å². The number of nitrogens with one attached hydrogen (secondary N) is 1. The number of primary amides is 1. The zero-order chi connectivity index (χ0) is 22.5. The predicted octanol–water partition coefficient (Wildman–Crippen LogP) is 4.12. The van der Waals surface area contributed by atoms with Gasteiger partial charge in [0.1, 0.15) is 5.78 Å². The minimum Gasteiger partial charge on any atom is -0.369 e. The summed E-state index contributed by atoms with van der Waals surface area (Å²) in [6.07, 6.45) is 11.0. The number of hydrogen-bond donors (Lipinski definition) is 2. The van der Waals surface area contributed by atoms with Crippen LogP contribution in [0.15, 0.2) is 30.5 Å². The summed E-state index contributed by atoms with van der Waals surface area (Å²) in [4.78, 5) is 42.8. The van der Waals surface area contributed by atoms with Crippen molar-refractivity contribution >= 4 is 28.5 Å². The molecule has 2 fully saturated rings. The van der Waals surface area contributed by atoms with Crippen molar-refractivity contribution in [2.45, 2.75) is 76.7 Å². The van der Waals surface area contributed by atoms with Gasteiger partial charge >= 0.3 is 0 Å². The van der Waals surface area contributed by atoms with Crippen LogP contribution in [0.5, 0.6) is 0 Å². The highest BCUT2D eigenvalue weighted by Gasteiger charge is 2.35. The van der Waals surface area contributed by atoms with Gasteiger partial charge in [0.25, 0.3) is 0 Å². The number of Topliss-reactive ketones (excluding diaryl/α,β-unsaturated/α-hetero) is 1. The molecule has 0 spiro atoms. The Morgan fingerprint density at radius 2 is 1.84 bits per heavy atom. The average Bonchev–Trinajstić information content (AvgIpc) is 3.21. The molecule has 6 nitrogen and oxygen atoms in total. The number of carbonyl (C=O) groups excluding carboxylic acids is 3. The molecule has 2 amide bonds. The Bertz CT molecular complexity index is 964. The van der Waals surface area contributed by atoms with E-state index in [1.165, 1.54) is 25.7 Å². The molecule has 6 heteroatoms. The van der Waals surface area contributed by atoms with Crippen LogP contribution in [0.1, 0.15) is 69.8 Å². The summed E-state index contributed by atoms with van der Waals surface area (Å²) in [6.45, 7) is 0.863. The summed E-state index contributed by atoms with van der Waals surface area (Å²) in [5, 5.41) is 1.05. The molecule has 2 aromatic rings. The number of rotatable bonds is 9. The molecule has 1 saturated carbocycles. The lowest BCUT2D eigenvalue weighted by Crippen LogP contribution is -2.49. The van der Waals surface area contributed by atoms with E-state index >= 15 is 0 Å². The van der Waals surface area contributed by atoms with Crippen LogP contribution in [0.4, 0.5) is 0 Å². The summed E-state index contributed by atoms with van der Waals surface area (Å²) in [7, 11) is 0. The second kappa shape index (κ2) is 10.3. The molecule has 3 atom stereocenters. The van der Waals surface area contributed by atoms with Gasteiger partial charge < -0.3 is 15.6 Å². The molecule has 2 aliphatic rings. The average molecular weight is 438 g/mol. The fourth-order valence-electron chi connectivity index (χ4n) is 5.73. The van der Waals surface area contributed by atoms with E-state index in [4.69, 9.17) is 5.73 Å².